The largest absolute Gasteiger partial charge is 0.419 e. The fourth-order valence-electron chi connectivity index (χ4n) is 1.49. The number of aryl methyl sites for hydroxylation is 1. The lowest BCUT2D eigenvalue weighted by Crippen LogP contribution is -1.95. The zero-order valence-corrected chi connectivity index (χ0v) is 9.64. The summed E-state index contributed by atoms with van der Waals surface area (Å²) in [5.41, 5.74) is 0.814. The van der Waals surface area contributed by atoms with Crippen LogP contribution in [0, 0.1) is 17.0 Å². The molecule has 0 fully saturated rings. The van der Waals surface area contributed by atoms with Crippen molar-refractivity contribution < 1.29 is 9.34 Å². The molecule has 0 saturated carbocycles. The summed E-state index contributed by atoms with van der Waals surface area (Å²) in [5, 5.41) is 18.4. The van der Waals surface area contributed by atoms with Crippen LogP contribution in [0.3, 0.4) is 0 Å². The molecule has 0 aliphatic carbocycles. The van der Waals surface area contributed by atoms with Gasteiger partial charge in [-0.3, -0.25) is 10.1 Å². The number of nitro groups is 1. The number of benzene rings is 1. The number of aromatic nitrogens is 2. The first kappa shape index (κ1) is 11.5. The number of halogens is 1. The molecule has 6 nitrogen and oxygen atoms in total. The van der Waals surface area contributed by atoms with Crippen molar-refractivity contribution in [3.05, 3.63) is 39.8 Å². The molecule has 7 heteroatoms. The van der Waals surface area contributed by atoms with Crippen LogP contribution in [0.1, 0.15) is 11.5 Å². The number of rotatable bonds is 3. The topological polar surface area (TPSA) is 82.1 Å². The molecule has 2 aromatic rings. The van der Waals surface area contributed by atoms with E-state index < -0.39 is 4.92 Å². The van der Waals surface area contributed by atoms with Crippen molar-refractivity contribution in [2.75, 3.05) is 0 Å². The van der Waals surface area contributed by atoms with Gasteiger partial charge in [-0.1, -0.05) is 12.1 Å². The summed E-state index contributed by atoms with van der Waals surface area (Å²) >= 11 is 5.53. The molecule has 0 bridgehead atoms. The zero-order valence-electron chi connectivity index (χ0n) is 8.88. The minimum absolute atomic E-state index is 0.0303. The maximum absolute atomic E-state index is 11.0. The Morgan fingerprint density at radius 3 is 2.82 bits per heavy atom. The van der Waals surface area contributed by atoms with E-state index in [1.165, 1.54) is 0 Å². The Bertz CT molecular complexity index is 568. The van der Waals surface area contributed by atoms with Crippen LogP contribution >= 0.6 is 11.6 Å². The van der Waals surface area contributed by atoms with Crippen LogP contribution in [0.2, 0.25) is 0 Å². The molecule has 2 rings (SSSR count). The van der Waals surface area contributed by atoms with Crippen LogP contribution in [0.15, 0.2) is 22.6 Å². The molecular weight excluding hydrogens is 246 g/mol. The molecule has 0 spiro atoms. The highest BCUT2D eigenvalue weighted by atomic mass is 35.5. The molecule has 0 atom stereocenters. The monoisotopic (exact) mass is 253 g/mol. The molecule has 0 aliphatic rings. The molecule has 1 aromatic carbocycles. The minimum atomic E-state index is -0.463. The van der Waals surface area contributed by atoms with Crippen molar-refractivity contribution in [1.29, 1.82) is 0 Å². The average molecular weight is 254 g/mol. The average Bonchev–Trinajstić information content (AvgIpc) is 2.76. The van der Waals surface area contributed by atoms with Crippen molar-refractivity contribution in [3.63, 3.8) is 0 Å². The molecule has 0 saturated heterocycles. The van der Waals surface area contributed by atoms with Gasteiger partial charge in [0.25, 0.3) is 11.6 Å². The normalized spacial score (nSPS) is 10.5. The Morgan fingerprint density at radius 1 is 1.47 bits per heavy atom. The summed E-state index contributed by atoms with van der Waals surface area (Å²) in [6.45, 7) is 1.65. The molecular formula is C10H8ClN3O3. The highest BCUT2D eigenvalue weighted by molar-refractivity contribution is 6.16. The second kappa shape index (κ2) is 4.50. The molecule has 88 valence electrons. The standard InChI is InChI=1S/C10H8ClN3O3/c1-6-3-2-4-7(9(6)14(15)16)10-13-12-8(5-11)17-10/h2-4H,5H2,1H3. The van der Waals surface area contributed by atoms with Gasteiger partial charge >= 0.3 is 0 Å². The van der Waals surface area contributed by atoms with Crippen molar-refractivity contribution in [2.45, 2.75) is 12.8 Å². The number of hydrogen-bond acceptors (Lipinski definition) is 5. The van der Waals surface area contributed by atoms with Crippen molar-refractivity contribution in [1.82, 2.24) is 10.2 Å². The SMILES string of the molecule is Cc1cccc(-c2nnc(CCl)o2)c1[N+](=O)[O-]. The number of nitro benzene ring substituents is 1. The van der Waals surface area contributed by atoms with Crippen LogP contribution < -0.4 is 0 Å². The second-order valence-electron chi connectivity index (χ2n) is 3.36. The lowest BCUT2D eigenvalue weighted by atomic mass is 10.1. The third-order valence-electron chi connectivity index (χ3n) is 2.23. The number of nitrogens with zero attached hydrogens (tertiary/aromatic N) is 3. The maximum Gasteiger partial charge on any atom is 0.284 e. The van der Waals surface area contributed by atoms with E-state index in [1.54, 1.807) is 25.1 Å². The number of hydrogen-bond donors (Lipinski definition) is 0. The number of alkyl halides is 1. The molecule has 0 radical (unpaired) electrons. The Balaban J connectivity index is 2.58. The van der Waals surface area contributed by atoms with E-state index >= 15 is 0 Å². The second-order valence-corrected chi connectivity index (χ2v) is 3.63. The predicted molar refractivity (Wildman–Crippen MR) is 60.7 cm³/mol. The van der Waals surface area contributed by atoms with E-state index in [9.17, 15) is 10.1 Å². The van der Waals surface area contributed by atoms with Gasteiger partial charge < -0.3 is 4.42 Å². The van der Waals surface area contributed by atoms with Crippen molar-refractivity contribution >= 4 is 17.3 Å². The lowest BCUT2D eigenvalue weighted by Gasteiger charge is -2.00. The first-order valence-corrected chi connectivity index (χ1v) is 5.29. The Hall–Kier alpha value is -1.95. The summed E-state index contributed by atoms with van der Waals surface area (Å²) in [7, 11) is 0. The summed E-state index contributed by atoms with van der Waals surface area (Å²) in [5.74, 6) is 0.417. The molecule has 0 amide bonds. The summed E-state index contributed by atoms with van der Waals surface area (Å²) in [4.78, 5) is 10.5. The van der Waals surface area contributed by atoms with Crippen LogP contribution in [0.5, 0.6) is 0 Å². The third kappa shape index (κ3) is 2.12. The molecule has 17 heavy (non-hydrogen) atoms. The van der Waals surface area contributed by atoms with E-state index in [0.29, 0.717) is 11.1 Å². The van der Waals surface area contributed by atoms with E-state index in [0.717, 1.165) is 0 Å². The highest BCUT2D eigenvalue weighted by Gasteiger charge is 2.22. The van der Waals surface area contributed by atoms with Crippen LogP contribution in [-0.4, -0.2) is 15.1 Å². The fourth-order valence-corrected chi connectivity index (χ4v) is 1.60. The van der Waals surface area contributed by atoms with Crippen LogP contribution in [-0.2, 0) is 5.88 Å². The molecule has 0 unspecified atom stereocenters. The van der Waals surface area contributed by atoms with Crippen molar-refractivity contribution in [2.24, 2.45) is 0 Å². The lowest BCUT2D eigenvalue weighted by molar-refractivity contribution is -0.384. The summed E-state index contributed by atoms with van der Waals surface area (Å²) in [6.07, 6.45) is 0. The van der Waals surface area contributed by atoms with E-state index in [2.05, 4.69) is 10.2 Å². The van der Waals surface area contributed by atoms with Crippen LogP contribution in [0.4, 0.5) is 5.69 Å². The van der Waals surface area contributed by atoms with Gasteiger partial charge in [-0.2, -0.15) is 0 Å². The first-order valence-electron chi connectivity index (χ1n) is 4.76. The Morgan fingerprint density at radius 2 is 2.24 bits per heavy atom. The molecule has 1 aromatic heterocycles. The predicted octanol–water partition coefficient (Wildman–Crippen LogP) is 2.69. The van der Waals surface area contributed by atoms with Gasteiger partial charge in [0.05, 0.1) is 4.92 Å². The summed E-state index contributed by atoms with van der Waals surface area (Å²) in [6, 6.07) is 4.92. The Labute approximate surface area is 101 Å². The first-order chi connectivity index (χ1) is 8.13. The van der Waals surface area contributed by atoms with Gasteiger partial charge in [-0.15, -0.1) is 21.8 Å². The van der Waals surface area contributed by atoms with Gasteiger partial charge in [0, 0.05) is 5.56 Å². The fraction of sp³-hybridized carbons (Fsp3) is 0.200. The minimum Gasteiger partial charge on any atom is -0.419 e. The van der Waals surface area contributed by atoms with Crippen molar-refractivity contribution in [3.8, 4) is 11.5 Å². The van der Waals surface area contributed by atoms with E-state index in [-0.39, 0.29) is 23.3 Å². The van der Waals surface area contributed by atoms with Crippen LogP contribution in [0.25, 0.3) is 11.5 Å². The maximum atomic E-state index is 11.0. The molecule has 0 N–H and O–H groups in total. The van der Waals surface area contributed by atoms with E-state index in [4.69, 9.17) is 16.0 Å². The number of para-hydroxylation sites is 1. The molecule has 1 heterocycles. The third-order valence-corrected chi connectivity index (χ3v) is 2.46. The quantitative estimate of drug-likeness (QED) is 0.477. The van der Waals surface area contributed by atoms with Gasteiger partial charge in [0.15, 0.2) is 0 Å². The molecule has 0 aliphatic heterocycles. The van der Waals surface area contributed by atoms with Gasteiger partial charge in [0.1, 0.15) is 11.4 Å². The van der Waals surface area contributed by atoms with Gasteiger partial charge in [-0.05, 0) is 13.0 Å². The van der Waals surface area contributed by atoms with Gasteiger partial charge in [0.2, 0.25) is 5.89 Å². The van der Waals surface area contributed by atoms with Gasteiger partial charge in [-0.25, -0.2) is 0 Å². The highest BCUT2D eigenvalue weighted by Crippen LogP contribution is 2.31. The smallest absolute Gasteiger partial charge is 0.284 e. The summed E-state index contributed by atoms with van der Waals surface area (Å²) < 4.78 is 5.21. The zero-order chi connectivity index (χ0) is 12.4. The Kier molecular flexibility index (Phi) is 3.06. The van der Waals surface area contributed by atoms with E-state index in [1.807, 2.05) is 0 Å².